The van der Waals surface area contributed by atoms with Gasteiger partial charge >= 0.3 is 0 Å². The van der Waals surface area contributed by atoms with Crippen LogP contribution >= 0.6 is 0 Å². The van der Waals surface area contributed by atoms with Gasteiger partial charge < -0.3 is 0 Å². The van der Waals surface area contributed by atoms with Crippen molar-refractivity contribution in [2.45, 2.75) is 6.92 Å². The van der Waals surface area contributed by atoms with Gasteiger partial charge in [0.05, 0.1) is 0 Å². The molecule has 0 atom stereocenters. The molecule has 0 unspecified atom stereocenters. The molecule has 0 saturated carbocycles. The molecule has 0 bridgehead atoms. The van der Waals surface area contributed by atoms with Gasteiger partial charge in [-0.05, 0) is 6.08 Å². The molecule has 1 amide bonds. The zero-order valence-electron chi connectivity index (χ0n) is 4.72. The van der Waals surface area contributed by atoms with E-state index in [1.165, 1.54) is 19.2 Å². The monoisotopic (exact) mass is 112 g/mol. The number of rotatable bonds is 2. The Balaban J connectivity index is 3.29. The molecular formula is C5H8N2O. The van der Waals surface area contributed by atoms with Crippen molar-refractivity contribution < 1.29 is 4.79 Å². The third kappa shape index (κ3) is 4.88. The predicted molar refractivity (Wildman–Crippen MR) is 32.5 cm³/mol. The lowest BCUT2D eigenvalue weighted by Gasteiger charge is -1.85. The Morgan fingerprint density at radius 1 is 1.88 bits per heavy atom. The number of nitrogens with one attached hydrogen (secondary N) is 1. The summed E-state index contributed by atoms with van der Waals surface area (Å²) in [4.78, 5) is 10.1. The van der Waals surface area contributed by atoms with Gasteiger partial charge in [0, 0.05) is 13.1 Å². The van der Waals surface area contributed by atoms with Crippen LogP contribution in [0.15, 0.2) is 17.8 Å². The second-order valence-corrected chi connectivity index (χ2v) is 1.18. The Hall–Kier alpha value is -1.12. The predicted octanol–water partition coefficient (Wildman–Crippen LogP) is 0.294. The lowest BCUT2D eigenvalue weighted by Crippen LogP contribution is -2.11. The van der Waals surface area contributed by atoms with E-state index in [0.717, 1.165) is 0 Å². The van der Waals surface area contributed by atoms with Crippen LogP contribution < -0.4 is 5.43 Å². The number of hydrogen-bond donors (Lipinski definition) is 1. The van der Waals surface area contributed by atoms with E-state index in [2.05, 4.69) is 17.1 Å². The highest BCUT2D eigenvalue weighted by molar-refractivity contribution is 5.76. The van der Waals surface area contributed by atoms with Gasteiger partial charge in [-0.2, -0.15) is 5.10 Å². The van der Waals surface area contributed by atoms with Crippen molar-refractivity contribution in [2.24, 2.45) is 5.10 Å². The van der Waals surface area contributed by atoms with Gasteiger partial charge in [-0.3, -0.25) is 4.79 Å². The average molecular weight is 112 g/mol. The first-order chi connectivity index (χ1) is 3.77. The minimum atomic E-state index is -0.178. The molecule has 3 heteroatoms. The smallest absolute Gasteiger partial charge is 0.236 e. The van der Waals surface area contributed by atoms with E-state index < -0.39 is 0 Å². The van der Waals surface area contributed by atoms with Crippen molar-refractivity contribution in [1.82, 2.24) is 5.43 Å². The van der Waals surface area contributed by atoms with Gasteiger partial charge in [0.2, 0.25) is 5.91 Å². The SMILES string of the molecule is C=CC=NNC(C)=O. The molecule has 0 aliphatic heterocycles. The first-order valence-corrected chi connectivity index (χ1v) is 2.18. The average Bonchev–Trinajstić information content (AvgIpc) is 1.66. The van der Waals surface area contributed by atoms with Gasteiger partial charge in [-0.15, -0.1) is 0 Å². The van der Waals surface area contributed by atoms with E-state index >= 15 is 0 Å². The summed E-state index contributed by atoms with van der Waals surface area (Å²) in [6.45, 7) is 4.75. The normalized spacial score (nSPS) is 9.12. The van der Waals surface area contributed by atoms with Crippen molar-refractivity contribution in [3.05, 3.63) is 12.7 Å². The zero-order chi connectivity index (χ0) is 6.41. The van der Waals surface area contributed by atoms with E-state index in [9.17, 15) is 4.79 Å². The van der Waals surface area contributed by atoms with Crippen LogP contribution in [0.5, 0.6) is 0 Å². The van der Waals surface area contributed by atoms with Crippen LogP contribution in [-0.2, 0) is 4.79 Å². The lowest BCUT2D eigenvalue weighted by molar-refractivity contribution is -0.118. The Morgan fingerprint density at radius 2 is 2.50 bits per heavy atom. The zero-order valence-corrected chi connectivity index (χ0v) is 4.72. The highest BCUT2D eigenvalue weighted by Crippen LogP contribution is 1.59. The summed E-state index contributed by atoms with van der Waals surface area (Å²) in [7, 11) is 0. The summed E-state index contributed by atoms with van der Waals surface area (Å²) in [5.41, 5.74) is 2.21. The third-order valence-electron chi connectivity index (χ3n) is 0.402. The highest BCUT2D eigenvalue weighted by Gasteiger charge is 1.78. The fraction of sp³-hybridized carbons (Fsp3) is 0.200. The Morgan fingerprint density at radius 3 is 2.88 bits per heavy atom. The number of carbonyl (C=O) groups excluding carboxylic acids is 1. The standard InChI is InChI=1S/C5H8N2O/c1-3-4-6-7-5(2)8/h3-4H,1H2,2H3,(H,7,8). The maximum atomic E-state index is 10.1. The van der Waals surface area contributed by atoms with Gasteiger partial charge in [0.15, 0.2) is 0 Å². The van der Waals surface area contributed by atoms with Gasteiger partial charge in [-0.25, -0.2) is 5.43 Å². The van der Waals surface area contributed by atoms with E-state index in [4.69, 9.17) is 0 Å². The van der Waals surface area contributed by atoms with E-state index in [1.807, 2.05) is 0 Å². The first-order valence-electron chi connectivity index (χ1n) is 2.18. The topological polar surface area (TPSA) is 41.5 Å². The molecule has 0 heterocycles. The molecule has 0 aromatic heterocycles. The van der Waals surface area contributed by atoms with Crippen molar-refractivity contribution >= 4 is 12.1 Å². The van der Waals surface area contributed by atoms with Crippen molar-refractivity contribution in [2.75, 3.05) is 0 Å². The number of hydrogen-bond acceptors (Lipinski definition) is 2. The number of allylic oxidation sites excluding steroid dienone is 1. The quantitative estimate of drug-likeness (QED) is 0.405. The van der Waals surface area contributed by atoms with Gasteiger partial charge in [-0.1, -0.05) is 6.58 Å². The summed E-state index contributed by atoms with van der Waals surface area (Å²) in [5, 5.41) is 3.45. The number of carbonyl (C=O) groups is 1. The molecule has 0 aromatic rings. The molecule has 0 rings (SSSR count). The lowest BCUT2D eigenvalue weighted by atomic mass is 10.7. The number of hydrazone groups is 1. The summed E-state index contributed by atoms with van der Waals surface area (Å²) >= 11 is 0. The van der Waals surface area contributed by atoms with Crippen LogP contribution in [0.4, 0.5) is 0 Å². The van der Waals surface area contributed by atoms with E-state index in [1.54, 1.807) is 0 Å². The molecule has 0 fully saturated rings. The number of amides is 1. The molecule has 3 nitrogen and oxygen atoms in total. The Kier molecular flexibility index (Phi) is 3.48. The molecule has 0 spiro atoms. The van der Waals surface area contributed by atoms with Crippen molar-refractivity contribution in [1.29, 1.82) is 0 Å². The Labute approximate surface area is 48.1 Å². The Bertz CT molecular complexity index is 118. The fourth-order valence-electron chi connectivity index (χ4n) is 0.181. The van der Waals surface area contributed by atoms with Crippen LogP contribution in [-0.4, -0.2) is 12.1 Å². The highest BCUT2D eigenvalue weighted by atomic mass is 16.2. The molecule has 8 heavy (non-hydrogen) atoms. The first kappa shape index (κ1) is 6.88. The van der Waals surface area contributed by atoms with Crippen LogP contribution in [0.2, 0.25) is 0 Å². The van der Waals surface area contributed by atoms with Crippen LogP contribution in [0.3, 0.4) is 0 Å². The largest absolute Gasteiger partial charge is 0.274 e. The maximum absolute atomic E-state index is 10.1. The number of nitrogens with zero attached hydrogens (tertiary/aromatic N) is 1. The molecular weight excluding hydrogens is 104 g/mol. The van der Waals surface area contributed by atoms with Gasteiger partial charge in [0.1, 0.15) is 0 Å². The van der Waals surface area contributed by atoms with E-state index in [0.29, 0.717) is 0 Å². The fourth-order valence-corrected chi connectivity index (χ4v) is 0.181. The maximum Gasteiger partial charge on any atom is 0.236 e. The van der Waals surface area contributed by atoms with Crippen molar-refractivity contribution in [3.63, 3.8) is 0 Å². The van der Waals surface area contributed by atoms with E-state index in [-0.39, 0.29) is 5.91 Å². The second-order valence-electron chi connectivity index (χ2n) is 1.18. The molecule has 0 saturated heterocycles. The summed E-state index contributed by atoms with van der Waals surface area (Å²) in [5.74, 6) is -0.178. The molecule has 1 N–H and O–H groups in total. The molecule has 0 radical (unpaired) electrons. The molecule has 0 aliphatic carbocycles. The summed E-state index contributed by atoms with van der Waals surface area (Å²) < 4.78 is 0. The summed E-state index contributed by atoms with van der Waals surface area (Å²) in [6.07, 6.45) is 2.89. The second kappa shape index (κ2) is 4.05. The molecule has 0 aliphatic rings. The van der Waals surface area contributed by atoms with Gasteiger partial charge in [0.25, 0.3) is 0 Å². The third-order valence-corrected chi connectivity index (χ3v) is 0.402. The minimum absolute atomic E-state index is 0.178. The van der Waals surface area contributed by atoms with Crippen LogP contribution in [0.25, 0.3) is 0 Å². The van der Waals surface area contributed by atoms with Crippen LogP contribution in [0.1, 0.15) is 6.92 Å². The molecule has 0 aromatic carbocycles. The summed E-state index contributed by atoms with van der Waals surface area (Å²) in [6, 6.07) is 0. The molecule has 44 valence electrons. The van der Waals surface area contributed by atoms with Crippen LogP contribution in [0, 0.1) is 0 Å². The van der Waals surface area contributed by atoms with Crippen molar-refractivity contribution in [3.8, 4) is 0 Å². The minimum Gasteiger partial charge on any atom is -0.274 e.